The van der Waals surface area contributed by atoms with Crippen molar-refractivity contribution in [3.05, 3.63) is 17.0 Å². The normalized spacial score (nSPS) is 14.3. The van der Waals surface area contributed by atoms with Gasteiger partial charge in [-0.3, -0.25) is 5.10 Å². The molecule has 0 atom stereocenters. The molecule has 0 fully saturated rings. The number of fused-ring (bicyclic) bond motifs is 1. The van der Waals surface area contributed by atoms with Gasteiger partial charge in [0.15, 0.2) is 10.8 Å². The molecule has 2 heterocycles. The molecule has 6 nitrogen and oxygen atoms in total. The van der Waals surface area contributed by atoms with Crippen molar-refractivity contribution in [3.8, 4) is 0 Å². The van der Waals surface area contributed by atoms with Crippen LogP contribution in [0, 0.1) is 0 Å². The average molecular weight is 254 g/mol. The van der Waals surface area contributed by atoms with Crippen molar-refractivity contribution in [3.63, 3.8) is 0 Å². The maximum Gasteiger partial charge on any atom is 0.356 e. The van der Waals surface area contributed by atoms with E-state index in [2.05, 4.69) is 15.5 Å². The van der Waals surface area contributed by atoms with Crippen molar-refractivity contribution in [1.29, 1.82) is 0 Å². The van der Waals surface area contributed by atoms with Crippen LogP contribution in [0.5, 0.6) is 0 Å². The lowest BCUT2D eigenvalue weighted by atomic mass is 10.1. The SMILES string of the molecule is CCNC(=S)N1CCc2[nH]nc(C(=O)O)c2C1. The Hall–Kier alpha value is -1.63. The van der Waals surface area contributed by atoms with Crippen LogP contribution >= 0.6 is 12.2 Å². The van der Waals surface area contributed by atoms with Gasteiger partial charge in [0, 0.05) is 37.3 Å². The van der Waals surface area contributed by atoms with Gasteiger partial charge in [-0.05, 0) is 19.1 Å². The molecule has 0 saturated carbocycles. The Kier molecular flexibility index (Phi) is 3.28. The molecular formula is C10H14N4O2S. The largest absolute Gasteiger partial charge is 0.476 e. The Labute approximate surface area is 104 Å². The first-order valence-electron chi connectivity index (χ1n) is 5.45. The first-order chi connectivity index (χ1) is 8.13. The number of H-pyrrole nitrogens is 1. The Morgan fingerprint density at radius 2 is 2.47 bits per heavy atom. The molecule has 0 saturated heterocycles. The Balaban J connectivity index is 2.19. The zero-order valence-electron chi connectivity index (χ0n) is 9.49. The summed E-state index contributed by atoms with van der Waals surface area (Å²) in [5, 5.41) is 19.3. The van der Waals surface area contributed by atoms with Crippen molar-refractivity contribution in [2.24, 2.45) is 0 Å². The van der Waals surface area contributed by atoms with Crippen LogP contribution in [-0.4, -0.2) is 44.4 Å². The summed E-state index contributed by atoms with van der Waals surface area (Å²) in [5.74, 6) is -1.00. The molecule has 0 unspecified atom stereocenters. The van der Waals surface area contributed by atoms with E-state index in [9.17, 15) is 4.79 Å². The number of nitrogens with zero attached hydrogens (tertiary/aromatic N) is 2. The number of carboxylic acid groups (broad SMARTS) is 1. The van der Waals surface area contributed by atoms with Gasteiger partial charge < -0.3 is 15.3 Å². The van der Waals surface area contributed by atoms with E-state index < -0.39 is 5.97 Å². The molecule has 2 rings (SSSR count). The van der Waals surface area contributed by atoms with Crippen molar-refractivity contribution < 1.29 is 9.90 Å². The minimum absolute atomic E-state index is 0.101. The average Bonchev–Trinajstić information content (AvgIpc) is 2.71. The third kappa shape index (κ3) is 2.23. The summed E-state index contributed by atoms with van der Waals surface area (Å²) in [4.78, 5) is 12.9. The number of rotatable bonds is 2. The van der Waals surface area contributed by atoms with E-state index in [1.807, 2.05) is 11.8 Å². The number of carboxylic acids is 1. The maximum atomic E-state index is 11.0. The number of hydrogen-bond donors (Lipinski definition) is 3. The quantitative estimate of drug-likeness (QED) is 0.661. The van der Waals surface area contributed by atoms with Gasteiger partial charge in [0.05, 0.1) is 0 Å². The molecule has 92 valence electrons. The van der Waals surface area contributed by atoms with E-state index in [1.54, 1.807) is 0 Å². The molecule has 1 aliphatic rings. The van der Waals surface area contributed by atoms with Gasteiger partial charge in [0.2, 0.25) is 0 Å². The third-order valence-electron chi connectivity index (χ3n) is 2.75. The van der Waals surface area contributed by atoms with Crippen LogP contribution in [0.3, 0.4) is 0 Å². The van der Waals surface area contributed by atoms with Crippen molar-refractivity contribution in [1.82, 2.24) is 20.4 Å². The van der Waals surface area contributed by atoms with E-state index >= 15 is 0 Å². The minimum atomic E-state index is -1.00. The number of nitrogens with one attached hydrogen (secondary N) is 2. The van der Waals surface area contributed by atoms with Gasteiger partial charge in [-0.15, -0.1) is 0 Å². The molecule has 17 heavy (non-hydrogen) atoms. The molecule has 0 spiro atoms. The number of carbonyl (C=O) groups is 1. The van der Waals surface area contributed by atoms with Gasteiger partial charge in [0.1, 0.15) is 0 Å². The lowest BCUT2D eigenvalue weighted by Crippen LogP contribution is -2.42. The zero-order valence-corrected chi connectivity index (χ0v) is 10.3. The number of aromatic amines is 1. The van der Waals surface area contributed by atoms with Crippen LogP contribution in [0.25, 0.3) is 0 Å². The first-order valence-corrected chi connectivity index (χ1v) is 5.86. The van der Waals surface area contributed by atoms with Gasteiger partial charge in [-0.25, -0.2) is 4.79 Å². The standard InChI is InChI=1S/C10H14N4O2S/c1-2-11-10(17)14-4-3-7-6(5-14)8(9(15)16)13-12-7/h2-5H2,1H3,(H,11,17)(H,12,13)(H,15,16). The van der Waals surface area contributed by atoms with Crippen molar-refractivity contribution in [2.75, 3.05) is 13.1 Å². The topological polar surface area (TPSA) is 81.2 Å². The predicted molar refractivity (Wildman–Crippen MR) is 65.9 cm³/mol. The second-order valence-corrected chi connectivity index (χ2v) is 4.23. The molecule has 1 aliphatic heterocycles. The smallest absolute Gasteiger partial charge is 0.356 e. The van der Waals surface area contributed by atoms with Gasteiger partial charge >= 0.3 is 5.97 Å². The van der Waals surface area contributed by atoms with Crippen LogP contribution in [0.15, 0.2) is 0 Å². The number of thiocarbonyl (C=S) groups is 1. The molecular weight excluding hydrogens is 240 g/mol. The summed E-state index contributed by atoms with van der Waals surface area (Å²) in [6.45, 7) is 4.01. The molecule has 0 radical (unpaired) electrons. The summed E-state index contributed by atoms with van der Waals surface area (Å²) < 4.78 is 0. The number of aromatic nitrogens is 2. The van der Waals surface area contributed by atoms with Crippen LogP contribution < -0.4 is 5.32 Å². The van der Waals surface area contributed by atoms with E-state index in [0.29, 0.717) is 11.7 Å². The fourth-order valence-electron chi connectivity index (χ4n) is 1.91. The van der Waals surface area contributed by atoms with E-state index in [1.165, 1.54) is 0 Å². The van der Waals surface area contributed by atoms with E-state index in [4.69, 9.17) is 17.3 Å². The minimum Gasteiger partial charge on any atom is -0.476 e. The molecule has 0 amide bonds. The molecule has 0 bridgehead atoms. The van der Waals surface area contributed by atoms with Crippen LogP contribution in [0.4, 0.5) is 0 Å². The highest BCUT2D eigenvalue weighted by Crippen LogP contribution is 2.20. The maximum absolute atomic E-state index is 11.0. The predicted octanol–water partition coefficient (Wildman–Crippen LogP) is 0.360. The summed E-state index contributed by atoms with van der Waals surface area (Å²) in [6, 6.07) is 0. The molecule has 0 aliphatic carbocycles. The molecule has 7 heteroatoms. The van der Waals surface area contributed by atoms with Crippen LogP contribution in [-0.2, 0) is 13.0 Å². The Morgan fingerprint density at radius 3 is 3.12 bits per heavy atom. The fraction of sp³-hybridized carbons (Fsp3) is 0.500. The Bertz CT molecular complexity index is 457. The lowest BCUT2D eigenvalue weighted by molar-refractivity contribution is 0.0688. The first kappa shape index (κ1) is 11.8. The highest BCUT2D eigenvalue weighted by molar-refractivity contribution is 7.80. The number of aromatic carboxylic acids is 1. The molecule has 3 N–H and O–H groups in total. The summed E-state index contributed by atoms with van der Waals surface area (Å²) in [7, 11) is 0. The summed E-state index contributed by atoms with van der Waals surface area (Å²) in [5.41, 5.74) is 1.74. The van der Waals surface area contributed by atoms with Crippen molar-refractivity contribution in [2.45, 2.75) is 19.9 Å². The lowest BCUT2D eigenvalue weighted by Gasteiger charge is -2.29. The Morgan fingerprint density at radius 1 is 1.71 bits per heavy atom. The monoisotopic (exact) mass is 254 g/mol. The zero-order chi connectivity index (χ0) is 12.4. The highest BCUT2D eigenvalue weighted by Gasteiger charge is 2.25. The summed E-state index contributed by atoms with van der Waals surface area (Å²) in [6.07, 6.45) is 0.737. The van der Waals surface area contributed by atoms with Gasteiger partial charge in [0.25, 0.3) is 0 Å². The fourth-order valence-corrected chi connectivity index (χ4v) is 2.21. The molecule has 1 aromatic heterocycles. The van der Waals surface area contributed by atoms with Gasteiger partial charge in [-0.2, -0.15) is 5.10 Å². The van der Waals surface area contributed by atoms with Crippen LogP contribution in [0.2, 0.25) is 0 Å². The van der Waals surface area contributed by atoms with E-state index in [0.717, 1.165) is 30.8 Å². The third-order valence-corrected chi connectivity index (χ3v) is 3.15. The van der Waals surface area contributed by atoms with Gasteiger partial charge in [-0.1, -0.05) is 0 Å². The van der Waals surface area contributed by atoms with Crippen molar-refractivity contribution >= 4 is 23.3 Å². The molecule has 1 aromatic rings. The number of hydrogen-bond acceptors (Lipinski definition) is 3. The van der Waals surface area contributed by atoms with E-state index in [-0.39, 0.29) is 5.69 Å². The van der Waals surface area contributed by atoms with Crippen LogP contribution in [0.1, 0.15) is 28.7 Å². The summed E-state index contributed by atoms with van der Waals surface area (Å²) >= 11 is 5.22. The molecule has 0 aromatic carbocycles. The second-order valence-electron chi connectivity index (χ2n) is 3.84. The highest BCUT2D eigenvalue weighted by atomic mass is 32.1. The second kappa shape index (κ2) is 4.70.